The molecule has 2 atom stereocenters. The Hall–Kier alpha value is -1.26. The number of amides is 2. The zero-order chi connectivity index (χ0) is 15.5. The quantitative estimate of drug-likeness (QED) is 0.841. The highest BCUT2D eigenvalue weighted by Gasteiger charge is 2.38. The SMILES string of the molecule is CC1CCN(C(=O)NC2(CC(=O)O)CCCCC2)C(C)C1. The van der Waals surface area contributed by atoms with Crippen molar-refractivity contribution >= 4 is 12.0 Å². The van der Waals surface area contributed by atoms with Crippen LogP contribution in [-0.4, -0.2) is 40.1 Å². The number of hydrogen-bond donors (Lipinski definition) is 2. The lowest BCUT2D eigenvalue weighted by Crippen LogP contribution is -2.58. The zero-order valence-electron chi connectivity index (χ0n) is 13.2. The second-order valence-electron chi connectivity index (χ2n) is 7.01. The summed E-state index contributed by atoms with van der Waals surface area (Å²) in [5.74, 6) is -0.163. The van der Waals surface area contributed by atoms with Crippen LogP contribution in [0.15, 0.2) is 0 Å². The van der Waals surface area contributed by atoms with Gasteiger partial charge in [0.2, 0.25) is 0 Å². The van der Waals surface area contributed by atoms with Crippen molar-refractivity contribution in [3.63, 3.8) is 0 Å². The van der Waals surface area contributed by atoms with Crippen LogP contribution >= 0.6 is 0 Å². The fourth-order valence-corrected chi connectivity index (χ4v) is 3.87. The number of hydrogen-bond acceptors (Lipinski definition) is 2. The van der Waals surface area contributed by atoms with Crippen LogP contribution in [0.4, 0.5) is 4.79 Å². The Labute approximate surface area is 127 Å². The maximum Gasteiger partial charge on any atom is 0.318 e. The number of likely N-dealkylation sites (tertiary alicyclic amines) is 1. The molecule has 0 aromatic heterocycles. The van der Waals surface area contributed by atoms with Gasteiger partial charge in [-0.2, -0.15) is 0 Å². The molecule has 2 amide bonds. The molecule has 2 aliphatic rings. The van der Waals surface area contributed by atoms with Crippen LogP contribution in [0.1, 0.15) is 65.2 Å². The Morgan fingerprint density at radius 1 is 1.24 bits per heavy atom. The monoisotopic (exact) mass is 296 g/mol. The van der Waals surface area contributed by atoms with Gasteiger partial charge in [-0.3, -0.25) is 4.79 Å². The average molecular weight is 296 g/mol. The van der Waals surface area contributed by atoms with Crippen LogP contribution in [0.2, 0.25) is 0 Å². The van der Waals surface area contributed by atoms with Crippen LogP contribution in [-0.2, 0) is 4.79 Å². The molecule has 1 saturated carbocycles. The first-order valence-corrected chi connectivity index (χ1v) is 8.22. The second-order valence-corrected chi connectivity index (χ2v) is 7.01. The number of urea groups is 1. The minimum atomic E-state index is -0.822. The summed E-state index contributed by atoms with van der Waals surface area (Å²) >= 11 is 0. The first-order chi connectivity index (χ1) is 9.92. The third-order valence-electron chi connectivity index (χ3n) is 5.07. The van der Waals surface area contributed by atoms with Crippen molar-refractivity contribution in [2.24, 2.45) is 5.92 Å². The molecule has 1 saturated heterocycles. The number of carboxylic acid groups (broad SMARTS) is 1. The molecule has 0 radical (unpaired) electrons. The predicted molar refractivity (Wildman–Crippen MR) is 81.2 cm³/mol. The predicted octanol–water partition coefficient (Wildman–Crippen LogP) is 2.99. The van der Waals surface area contributed by atoms with Crippen molar-refractivity contribution in [3.8, 4) is 0 Å². The number of aliphatic carboxylic acids is 1. The molecule has 5 nitrogen and oxygen atoms in total. The van der Waals surface area contributed by atoms with Crippen LogP contribution < -0.4 is 5.32 Å². The number of nitrogens with zero attached hydrogens (tertiary/aromatic N) is 1. The molecular weight excluding hydrogens is 268 g/mol. The van der Waals surface area contributed by atoms with Crippen LogP contribution in [0.3, 0.4) is 0 Å². The van der Waals surface area contributed by atoms with Gasteiger partial charge < -0.3 is 15.3 Å². The van der Waals surface area contributed by atoms with E-state index in [1.807, 2.05) is 4.90 Å². The minimum Gasteiger partial charge on any atom is -0.481 e. The molecule has 0 aromatic rings. The number of carboxylic acids is 1. The van der Waals surface area contributed by atoms with E-state index >= 15 is 0 Å². The van der Waals surface area contributed by atoms with Gasteiger partial charge in [-0.25, -0.2) is 4.79 Å². The Balaban J connectivity index is 2.02. The van der Waals surface area contributed by atoms with Crippen molar-refractivity contribution in [1.82, 2.24) is 10.2 Å². The molecule has 0 aromatic carbocycles. The van der Waals surface area contributed by atoms with E-state index in [2.05, 4.69) is 19.2 Å². The van der Waals surface area contributed by atoms with Crippen LogP contribution in [0.25, 0.3) is 0 Å². The zero-order valence-corrected chi connectivity index (χ0v) is 13.2. The summed E-state index contributed by atoms with van der Waals surface area (Å²) in [5.41, 5.74) is -0.538. The van der Waals surface area contributed by atoms with Crippen molar-refractivity contribution in [2.75, 3.05) is 6.54 Å². The number of rotatable bonds is 3. The first kappa shape index (κ1) is 16.1. The lowest BCUT2D eigenvalue weighted by atomic mass is 9.79. The first-order valence-electron chi connectivity index (χ1n) is 8.22. The van der Waals surface area contributed by atoms with Gasteiger partial charge in [-0.05, 0) is 38.5 Å². The van der Waals surface area contributed by atoms with Gasteiger partial charge >= 0.3 is 12.0 Å². The van der Waals surface area contributed by atoms with Gasteiger partial charge in [0.05, 0.1) is 12.0 Å². The van der Waals surface area contributed by atoms with Crippen LogP contribution in [0.5, 0.6) is 0 Å². The highest BCUT2D eigenvalue weighted by Crippen LogP contribution is 2.32. The van der Waals surface area contributed by atoms with Crippen molar-refractivity contribution in [1.29, 1.82) is 0 Å². The van der Waals surface area contributed by atoms with E-state index in [0.29, 0.717) is 5.92 Å². The molecular formula is C16H28N2O3. The highest BCUT2D eigenvalue weighted by molar-refractivity contribution is 5.77. The smallest absolute Gasteiger partial charge is 0.318 e. The molecule has 1 aliphatic heterocycles. The molecule has 2 rings (SSSR count). The van der Waals surface area contributed by atoms with Crippen molar-refractivity contribution < 1.29 is 14.7 Å². The average Bonchev–Trinajstić information content (AvgIpc) is 2.38. The topological polar surface area (TPSA) is 69.6 Å². The standard InChI is InChI=1S/C16H28N2O3/c1-12-6-9-18(13(2)10-12)15(21)17-16(11-14(19)20)7-4-3-5-8-16/h12-13H,3-11H2,1-2H3,(H,17,21)(H,19,20). The summed E-state index contributed by atoms with van der Waals surface area (Å²) in [7, 11) is 0. The lowest BCUT2D eigenvalue weighted by molar-refractivity contribution is -0.139. The molecule has 2 N–H and O–H groups in total. The fraction of sp³-hybridized carbons (Fsp3) is 0.875. The molecule has 2 unspecified atom stereocenters. The van der Waals surface area contributed by atoms with Crippen molar-refractivity contribution in [3.05, 3.63) is 0 Å². The van der Waals surface area contributed by atoms with Gasteiger partial charge in [-0.1, -0.05) is 26.2 Å². The molecule has 120 valence electrons. The number of carbonyl (C=O) groups is 2. The largest absolute Gasteiger partial charge is 0.481 e. The van der Waals surface area contributed by atoms with Gasteiger partial charge in [0, 0.05) is 12.6 Å². The summed E-state index contributed by atoms with van der Waals surface area (Å²) in [6.07, 6.45) is 6.79. The number of piperidine rings is 1. The number of nitrogens with one attached hydrogen (secondary N) is 1. The van der Waals surface area contributed by atoms with E-state index in [1.54, 1.807) is 0 Å². The van der Waals surface area contributed by atoms with Gasteiger partial charge in [0.1, 0.15) is 0 Å². The Kier molecular flexibility index (Phi) is 5.12. The Morgan fingerprint density at radius 3 is 2.48 bits per heavy atom. The maximum absolute atomic E-state index is 12.6. The molecule has 0 bridgehead atoms. The molecule has 21 heavy (non-hydrogen) atoms. The van der Waals surface area contributed by atoms with Crippen LogP contribution in [0, 0.1) is 5.92 Å². The molecule has 2 fully saturated rings. The minimum absolute atomic E-state index is 0.0391. The second kappa shape index (κ2) is 6.67. The van der Waals surface area contributed by atoms with E-state index < -0.39 is 11.5 Å². The fourth-order valence-electron chi connectivity index (χ4n) is 3.87. The van der Waals surface area contributed by atoms with E-state index in [1.165, 1.54) is 0 Å². The lowest BCUT2D eigenvalue weighted by Gasteiger charge is -2.42. The summed E-state index contributed by atoms with van der Waals surface area (Å²) in [5, 5.41) is 12.3. The maximum atomic E-state index is 12.6. The summed E-state index contributed by atoms with van der Waals surface area (Å²) < 4.78 is 0. The summed E-state index contributed by atoms with van der Waals surface area (Å²) in [6, 6.07) is 0.164. The highest BCUT2D eigenvalue weighted by atomic mass is 16.4. The van der Waals surface area contributed by atoms with E-state index in [9.17, 15) is 14.7 Å². The summed E-state index contributed by atoms with van der Waals surface area (Å²) in [6.45, 7) is 5.08. The van der Waals surface area contributed by atoms with E-state index in [-0.39, 0.29) is 18.5 Å². The van der Waals surface area contributed by atoms with Gasteiger partial charge in [-0.15, -0.1) is 0 Å². The number of carbonyl (C=O) groups excluding carboxylic acids is 1. The van der Waals surface area contributed by atoms with Crippen molar-refractivity contribution in [2.45, 2.75) is 76.8 Å². The molecule has 5 heteroatoms. The van der Waals surface area contributed by atoms with Gasteiger partial charge in [0.15, 0.2) is 0 Å². The normalized spacial score (nSPS) is 29.0. The van der Waals surface area contributed by atoms with E-state index in [4.69, 9.17) is 0 Å². The third kappa shape index (κ3) is 4.11. The molecule has 1 heterocycles. The Bertz CT molecular complexity index is 391. The summed E-state index contributed by atoms with van der Waals surface area (Å²) in [4.78, 5) is 25.7. The van der Waals surface area contributed by atoms with Gasteiger partial charge in [0.25, 0.3) is 0 Å². The Morgan fingerprint density at radius 2 is 1.90 bits per heavy atom. The third-order valence-corrected chi connectivity index (χ3v) is 5.07. The molecule has 0 spiro atoms. The molecule has 1 aliphatic carbocycles. The van der Waals surface area contributed by atoms with E-state index in [0.717, 1.165) is 51.5 Å².